The van der Waals surface area contributed by atoms with Crippen LogP contribution >= 0.6 is 0 Å². The van der Waals surface area contributed by atoms with E-state index in [1.807, 2.05) is 11.0 Å². The van der Waals surface area contributed by atoms with Crippen LogP contribution in [0, 0.1) is 11.7 Å². The van der Waals surface area contributed by atoms with E-state index in [4.69, 9.17) is 4.74 Å². The second kappa shape index (κ2) is 8.07. The number of halogens is 2. The molecule has 3 unspecified atom stereocenters. The zero-order valence-corrected chi connectivity index (χ0v) is 17.3. The van der Waals surface area contributed by atoms with E-state index in [0.29, 0.717) is 44.6 Å². The van der Waals surface area contributed by atoms with Crippen LogP contribution in [0.4, 0.5) is 8.78 Å². The number of aromatic nitrogens is 3. The predicted molar refractivity (Wildman–Crippen MR) is 112 cm³/mol. The lowest BCUT2D eigenvalue weighted by atomic mass is 9.90. The fourth-order valence-corrected chi connectivity index (χ4v) is 5.17. The van der Waals surface area contributed by atoms with E-state index < -0.39 is 5.79 Å². The van der Waals surface area contributed by atoms with Crippen LogP contribution < -0.4 is 10.4 Å². The van der Waals surface area contributed by atoms with Gasteiger partial charge >= 0.3 is 5.69 Å². The molecule has 3 atom stereocenters. The van der Waals surface area contributed by atoms with Crippen molar-refractivity contribution in [2.75, 3.05) is 13.2 Å². The third-order valence-corrected chi connectivity index (χ3v) is 6.59. The molecule has 0 spiro atoms. The number of hydrogen-bond donors (Lipinski definition) is 0. The lowest BCUT2D eigenvalue weighted by molar-refractivity contribution is -0.0778. The number of alkyl halides is 1. The first-order valence-electron chi connectivity index (χ1n) is 10.9. The third-order valence-electron chi connectivity index (χ3n) is 6.59. The Hall–Kier alpha value is -2.74. The predicted octanol–water partition coefficient (Wildman–Crippen LogP) is 3.64. The average Bonchev–Trinajstić information content (AvgIpc) is 3.17. The van der Waals surface area contributed by atoms with Crippen molar-refractivity contribution in [1.29, 1.82) is 0 Å². The molecule has 0 radical (unpaired) electrons. The summed E-state index contributed by atoms with van der Waals surface area (Å²) in [7, 11) is 0. The number of piperidine rings is 1. The van der Waals surface area contributed by atoms with Crippen molar-refractivity contribution >= 4 is 5.65 Å². The summed E-state index contributed by atoms with van der Waals surface area (Å²) in [4.78, 5) is 14.4. The fraction of sp³-hybridized carbons (Fsp3) is 0.478. The number of pyridine rings is 1. The monoisotopic (exact) mass is 428 g/mol. The highest BCUT2D eigenvalue weighted by molar-refractivity contribution is 5.35. The highest BCUT2D eigenvalue weighted by Gasteiger charge is 2.52. The van der Waals surface area contributed by atoms with Crippen LogP contribution in [0.1, 0.15) is 32.1 Å². The minimum absolute atomic E-state index is 0.0643. The van der Waals surface area contributed by atoms with Crippen molar-refractivity contribution in [3.63, 3.8) is 0 Å². The standard InChI is InChI=1S/C23H26F2N4O2/c24-19-6-1-2-7-20(19)31-16-17-14-18-9-10-23(25,15-17)28(18)12-5-13-29-22(30)27-11-4-3-8-21(27)26-29/h1-4,6-8,11,17-18H,5,9-10,12-16H2. The number of para-hydroxylation sites is 1. The molecule has 6 nitrogen and oxygen atoms in total. The molecule has 2 aliphatic rings. The normalized spacial score (nSPS) is 25.9. The maximum atomic E-state index is 15.7. The van der Waals surface area contributed by atoms with Gasteiger partial charge in [-0.05, 0) is 55.9 Å². The van der Waals surface area contributed by atoms with Gasteiger partial charge in [-0.25, -0.2) is 18.3 Å². The zero-order chi connectivity index (χ0) is 21.4. The number of benzene rings is 1. The van der Waals surface area contributed by atoms with Gasteiger partial charge in [0.05, 0.1) is 6.61 Å². The van der Waals surface area contributed by atoms with Gasteiger partial charge in [-0.1, -0.05) is 18.2 Å². The average molecular weight is 428 g/mol. The minimum Gasteiger partial charge on any atom is -0.490 e. The van der Waals surface area contributed by atoms with Crippen molar-refractivity contribution < 1.29 is 13.5 Å². The highest BCUT2D eigenvalue weighted by atomic mass is 19.1. The topological polar surface area (TPSA) is 51.8 Å². The molecule has 0 N–H and O–H groups in total. The molecule has 2 saturated heterocycles. The summed E-state index contributed by atoms with van der Waals surface area (Å²) in [5.74, 6) is -1.45. The van der Waals surface area contributed by atoms with Gasteiger partial charge in [0.15, 0.2) is 23.0 Å². The Morgan fingerprint density at radius 1 is 1.16 bits per heavy atom. The van der Waals surface area contributed by atoms with Crippen LogP contribution in [-0.4, -0.2) is 44.1 Å². The molecule has 2 aromatic heterocycles. The molecule has 164 valence electrons. The van der Waals surface area contributed by atoms with Gasteiger partial charge in [0.2, 0.25) is 0 Å². The molecular formula is C23H26F2N4O2. The molecule has 3 aromatic rings. The van der Waals surface area contributed by atoms with Gasteiger partial charge in [0, 0.05) is 31.7 Å². The zero-order valence-electron chi connectivity index (χ0n) is 17.3. The molecular weight excluding hydrogens is 402 g/mol. The Balaban J connectivity index is 1.18. The third kappa shape index (κ3) is 3.84. The Labute approximate surface area is 179 Å². The van der Waals surface area contributed by atoms with Crippen LogP contribution in [-0.2, 0) is 6.54 Å². The Morgan fingerprint density at radius 2 is 2.00 bits per heavy atom. The second-order valence-corrected chi connectivity index (χ2v) is 8.64. The van der Waals surface area contributed by atoms with Gasteiger partial charge < -0.3 is 4.74 Å². The summed E-state index contributed by atoms with van der Waals surface area (Å²) < 4.78 is 38.2. The van der Waals surface area contributed by atoms with Crippen molar-refractivity contribution in [2.45, 2.75) is 50.5 Å². The van der Waals surface area contributed by atoms with E-state index in [-0.39, 0.29) is 29.2 Å². The van der Waals surface area contributed by atoms with Crippen molar-refractivity contribution in [2.24, 2.45) is 5.92 Å². The van der Waals surface area contributed by atoms with E-state index in [1.165, 1.54) is 15.1 Å². The molecule has 0 aliphatic carbocycles. The van der Waals surface area contributed by atoms with Gasteiger partial charge in [-0.2, -0.15) is 0 Å². The number of rotatable bonds is 7. The van der Waals surface area contributed by atoms with Crippen LogP contribution in [0.25, 0.3) is 5.65 Å². The Kier molecular flexibility index (Phi) is 5.25. The maximum absolute atomic E-state index is 15.7. The first kappa shape index (κ1) is 20.2. The van der Waals surface area contributed by atoms with E-state index >= 15 is 4.39 Å². The van der Waals surface area contributed by atoms with Gasteiger partial charge in [-0.15, -0.1) is 5.10 Å². The number of ether oxygens (including phenoxy) is 1. The smallest absolute Gasteiger partial charge is 0.350 e. The minimum atomic E-state index is -1.35. The molecule has 2 fully saturated rings. The van der Waals surface area contributed by atoms with Crippen molar-refractivity contribution in [3.8, 4) is 5.75 Å². The van der Waals surface area contributed by atoms with Crippen LogP contribution in [0.15, 0.2) is 53.5 Å². The van der Waals surface area contributed by atoms with Crippen molar-refractivity contribution in [1.82, 2.24) is 19.1 Å². The van der Waals surface area contributed by atoms with Gasteiger partial charge in [-0.3, -0.25) is 9.30 Å². The van der Waals surface area contributed by atoms with E-state index in [2.05, 4.69) is 5.10 Å². The highest BCUT2D eigenvalue weighted by Crippen LogP contribution is 2.47. The molecule has 5 rings (SSSR count). The summed E-state index contributed by atoms with van der Waals surface area (Å²) >= 11 is 0. The first-order chi connectivity index (χ1) is 15.0. The van der Waals surface area contributed by atoms with Gasteiger partial charge in [0.1, 0.15) is 0 Å². The summed E-state index contributed by atoms with van der Waals surface area (Å²) in [6, 6.07) is 11.9. The van der Waals surface area contributed by atoms with Crippen molar-refractivity contribution in [3.05, 3.63) is 65.0 Å². The summed E-state index contributed by atoms with van der Waals surface area (Å²) in [5, 5.41) is 4.35. The van der Waals surface area contributed by atoms with E-state index in [0.717, 1.165) is 12.8 Å². The summed E-state index contributed by atoms with van der Waals surface area (Å²) in [5.41, 5.74) is 0.447. The van der Waals surface area contributed by atoms with Crippen LogP contribution in [0.3, 0.4) is 0 Å². The number of fused-ring (bicyclic) bond motifs is 3. The largest absolute Gasteiger partial charge is 0.490 e. The molecule has 31 heavy (non-hydrogen) atoms. The van der Waals surface area contributed by atoms with E-state index in [9.17, 15) is 9.18 Å². The molecule has 4 heterocycles. The lowest BCUT2D eigenvalue weighted by Crippen LogP contribution is -2.51. The van der Waals surface area contributed by atoms with Gasteiger partial charge in [0.25, 0.3) is 0 Å². The second-order valence-electron chi connectivity index (χ2n) is 8.64. The van der Waals surface area contributed by atoms with Crippen LogP contribution in [0.2, 0.25) is 0 Å². The first-order valence-corrected chi connectivity index (χ1v) is 10.9. The summed E-state index contributed by atoms with van der Waals surface area (Å²) in [6.07, 6.45) is 4.93. The number of aryl methyl sites for hydroxylation is 1. The number of nitrogens with zero attached hydrogens (tertiary/aromatic N) is 4. The quantitative estimate of drug-likeness (QED) is 0.539. The SMILES string of the molecule is O=c1n(CCCN2C3CCC2(F)CC(COc2ccccc2F)C3)nc2ccccn12. The molecule has 2 aliphatic heterocycles. The molecule has 8 heteroatoms. The summed E-state index contributed by atoms with van der Waals surface area (Å²) in [6.45, 7) is 1.37. The lowest BCUT2D eigenvalue weighted by Gasteiger charge is -2.42. The molecule has 2 bridgehead atoms. The van der Waals surface area contributed by atoms with E-state index in [1.54, 1.807) is 36.5 Å². The molecule has 0 amide bonds. The maximum Gasteiger partial charge on any atom is 0.350 e. The Bertz CT molecular complexity index is 1130. The fourth-order valence-electron chi connectivity index (χ4n) is 5.17. The van der Waals surface area contributed by atoms with Crippen LogP contribution in [0.5, 0.6) is 5.75 Å². The molecule has 0 saturated carbocycles. The molecule has 1 aromatic carbocycles. The Morgan fingerprint density at radius 3 is 2.81 bits per heavy atom. The number of hydrogen-bond acceptors (Lipinski definition) is 4.